The summed E-state index contributed by atoms with van der Waals surface area (Å²) in [4.78, 5) is 3.76. The van der Waals surface area contributed by atoms with E-state index in [1.165, 1.54) is 31.9 Å². The van der Waals surface area contributed by atoms with Crippen LogP contribution in [0.2, 0.25) is 0 Å². The predicted octanol–water partition coefficient (Wildman–Crippen LogP) is 8.23. The Hall–Kier alpha value is -6.46. The standard InChI is InChI=1S/C44H27N3Si/c1-46-39-20-12-13-31(29-45)44(39)30-23-26-41-38(27-30)35-18-8-10-21-40(35)47(41)32-24-25-37-36-19-9-11-22-42(36)48(43(37)28-32,33-14-4-2-5-15-33)34-16-6-3-7-17-34/h2-28H. The number of nitriles is 1. The molecule has 0 aliphatic carbocycles. The first-order chi connectivity index (χ1) is 23.7. The first-order valence-electron chi connectivity index (χ1n) is 16.0. The lowest BCUT2D eigenvalue weighted by Gasteiger charge is -2.31. The Morgan fingerprint density at radius 2 is 1.23 bits per heavy atom. The zero-order valence-corrected chi connectivity index (χ0v) is 26.9. The van der Waals surface area contributed by atoms with Gasteiger partial charge in [0.2, 0.25) is 0 Å². The molecule has 1 aliphatic heterocycles. The largest absolute Gasteiger partial charge is 0.309 e. The smallest absolute Gasteiger partial charge is 0.196 e. The minimum absolute atomic E-state index is 0.485. The van der Waals surface area contributed by atoms with E-state index in [1.54, 1.807) is 18.2 Å². The Labute approximate surface area is 280 Å². The molecule has 0 radical (unpaired) electrons. The number of fused-ring (bicyclic) bond motifs is 6. The maximum absolute atomic E-state index is 9.93. The Bertz CT molecular complexity index is 2570. The van der Waals surface area contributed by atoms with Gasteiger partial charge in [-0.1, -0.05) is 127 Å². The quantitative estimate of drug-likeness (QED) is 0.143. The van der Waals surface area contributed by atoms with Crippen LogP contribution < -0.4 is 20.7 Å². The minimum atomic E-state index is -2.65. The average molecular weight is 626 g/mol. The number of hydrogen-bond donors (Lipinski definition) is 0. The number of rotatable bonds is 4. The van der Waals surface area contributed by atoms with Gasteiger partial charge in [0.1, 0.15) is 0 Å². The molecule has 0 fully saturated rings. The van der Waals surface area contributed by atoms with Gasteiger partial charge in [-0.25, -0.2) is 4.85 Å². The van der Waals surface area contributed by atoms with Crippen molar-refractivity contribution in [3.63, 3.8) is 0 Å². The van der Waals surface area contributed by atoms with Crippen LogP contribution in [0.25, 0.3) is 54.6 Å². The molecule has 0 unspecified atom stereocenters. The highest BCUT2D eigenvalue weighted by atomic mass is 28.3. The van der Waals surface area contributed by atoms with E-state index in [1.807, 2.05) is 0 Å². The molecule has 1 aromatic heterocycles. The van der Waals surface area contributed by atoms with Crippen molar-refractivity contribution in [3.8, 4) is 34.0 Å². The van der Waals surface area contributed by atoms with Crippen LogP contribution in [0, 0.1) is 17.9 Å². The monoisotopic (exact) mass is 625 g/mol. The van der Waals surface area contributed by atoms with E-state index < -0.39 is 8.07 Å². The van der Waals surface area contributed by atoms with Gasteiger partial charge in [0.25, 0.3) is 0 Å². The van der Waals surface area contributed by atoms with Crippen LogP contribution in [0.4, 0.5) is 5.69 Å². The van der Waals surface area contributed by atoms with Crippen LogP contribution in [0.15, 0.2) is 164 Å². The van der Waals surface area contributed by atoms with Crippen molar-refractivity contribution >= 4 is 56.3 Å². The van der Waals surface area contributed by atoms with Crippen molar-refractivity contribution in [2.45, 2.75) is 0 Å². The van der Waals surface area contributed by atoms with Gasteiger partial charge >= 0.3 is 0 Å². The van der Waals surface area contributed by atoms with Gasteiger partial charge in [0.05, 0.1) is 23.7 Å². The molecule has 0 saturated heterocycles. The fourth-order valence-corrected chi connectivity index (χ4v) is 13.2. The highest BCUT2D eigenvalue weighted by Gasteiger charge is 2.48. The van der Waals surface area contributed by atoms with E-state index in [0.717, 1.165) is 33.1 Å². The molecule has 222 valence electrons. The highest BCUT2D eigenvalue weighted by Crippen LogP contribution is 2.39. The Balaban J connectivity index is 1.34. The first-order valence-corrected chi connectivity index (χ1v) is 18.0. The topological polar surface area (TPSA) is 33.1 Å². The maximum Gasteiger partial charge on any atom is 0.196 e. The molecule has 0 bridgehead atoms. The molecule has 0 amide bonds. The van der Waals surface area contributed by atoms with Gasteiger partial charge in [0.15, 0.2) is 13.8 Å². The third-order valence-corrected chi connectivity index (χ3v) is 14.8. The maximum atomic E-state index is 9.93. The van der Waals surface area contributed by atoms with Crippen LogP contribution in [-0.2, 0) is 0 Å². The van der Waals surface area contributed by atoms with Gasteiger partial charge in [0, 0.05) is 27.6 Å². The molecular formula is C44H27N3Si. The molecule has 9 rings (SSSR count). The summed E-state index contributed by atoms with van der Waals surface area (Å²) in [5.41, 5.74) is 8.48. The summed E-state index contributed by atoms with van der Waals surface area (Å²) in [6, 6.07) is 60.7. The Morgan fingerprint density at radius 3 is 1.98 bits per heavy atom. The summed E-state index contributed by atoms with van der Waals surface area (Å²) in [5.74, 6) is 0. The van der Waals surface area contributed by atoms with Crippen molar-refractivity contribution in [2.24, 2.45) is 0 Å². The SMILES string of the molecule is [C-]#[N+]c1cccc(C#N)c1-c1ccc2c(c1)c1ccccc1n2-c1ccc2c(c1)[Si](c1ccccc1)(c1ccccc1)c1ccccc1-2. The summed E-state index contributed by atoms with van der Waals surface area (Å²) >= 11 is 0. The summed E-state index contributed by atoms with van der Waals surface area (Å²) in [7, 11) is -2.65. The molecule has 1 aliphatic rings. The highest BCUT2D eigenvalue weighted by molar-refractivity contribution is 7.22. The number of nitrogens with zero attached hydrogens (tertiary/aromatic N) is 3. The van der Waals surface area contributed by atoms with E-state index in [4.69, 9.17) is 6.57 Å². The third kappa shape index (κ3) is 3.85. The zero-order valence-electron chi connectivity index (χ0n) is 25.9. The molecule has 0 atom stereocenters. The van der Waals surface area contributed by atoms with E-state index in [-0.39, 0.29) is 0 Å². The second-order valence-corrected chi connectivity index (χ2v) is 16.0. The van der Waals surface area contributed by atoms with Crippen LogP contribution in [0.5, 0.6) is 0 Å². The molecule has 0 saturated carbocycles. The average Bonchev–Trinajstić information content (AvgIpc) is 3.65. The fraction of sp³-hybridized carbons (Fsp3) is 0. The lowest BCUT2D eigenvalue weighted by molar-refractivity contribution is 1.18. The van der Waals surface area contributed by atoms with Crippen LogP contribution in [0.3, 0.4) is 0 Å². The molecule has 0 spiro atoms. The molecular weight excluding hydrogens is 599 g/mol. The lowest BCUT2D eigenvalue weighted by atomic mass is 9.97. The van der Waals surface area contributed by atoms with Crippen molar-refractivity contribution < 1.29 is 0 Å². The van der Waals surface area contributed by atoms with E-state index >= 15 is 0 Å². The Kier molecular flexibility index (Phi) is 6.27. The second-order valence-electron chi connectivity index (χ2n) is 12.3. The summed E-state index contributed by atoms with van der Waals surface area (Å²) < 4.78 is 2.37. The second kappa shape index (κ2) is 10.8. The molecule has 7 aromatic carbocycles. The van der Waals surface area contributed by atoms with E-state index in [0.29, 0.717) is 16.8 Å². The minimum Gasteiger partial charge on any atom is -0.309 e. The normalized spacial score (nSPS) is 12.7. The van der Waals surface area contributed by atoms with Gasteiger partial charge in [-0.2, -0.15) is 5.26 Å². The summed E-state index contributed by atoms with van der Waals surface area (Å²) in [5, 5.41) is 17.7. The Morgan fingerprint density at radius 1 is 0.562 bits per heavy atom. The molecule has 3 nitrogen and oxygen atoms in total. The van der Waals surface area contributed by atoms with Crippen LogP contribution in [-0.4, -0.2) is 12.6 Å². The molecule has 48 heavy (non-hydrogen) atoms. The summed E-state index contributed by atoms with van der Waals surface area (Å²) in [6.07, 6.45) is 0. The van der Waals surface area contributed by atoms with Gasteiger partial charge in [-0.3, -0.25) is 0 Å². The summed E-state index contributed by atoms with van der Waals surface area (Å²) in [6.45, 7) is 7.80. The lowest BCUT2D eigenvalue weighted by Crippen LogP contribution is -2.72. The molecule has 2 heterocycles. The number of hydrogen-bond acceptors (Lipinski definition) is 1. The van der Waals surface area contributed by atoms with Gasteiger partial charge in [-0.15, -0.1) is 0 Å². The zero-order chi connectivity index (χ0) is 32.2. The molecule has 8 aromatic rings. The number of aromatic nitrogens is 1. The first kappa shape index (κ1) is 27.8. The van der Waals surface area contributed by atoms with E-state index in [2.05, 4.69) is 161 Å². The number of para-hydroxylation sites is 1. The van der Waals surface area contributed by atoms with E-state index in [9.17, 15) is 5.26 Å². The van der Waals surface area contributed by atoms with Crippen molar-refractivity contribution in [1.82, 2.24) is 4.57 Å². The fourth-order valence-electron chi connectivity index (χ4n) is 8.01. The predicted molar refractivity (Wildman–Crippen MR) is 200 cm³/mol. The number of benzene rings is 7. The molecule has 4 heteroatoms. The van der Waals surface area contributed by atoms with Gasteiger partial charge in [-0.05, 0) is 73.8 Å². The van der Waals surface area contributed by atoms with Crippen LogP contribution >= 0.6 is 0 Å². The molecule has 0 N–H and O–H groups in total. The van der Waals surface area contributed by atoms with Gasteiger partial charge < -0.3 is 4.57 Å². The van der Waals surface area contributed by atoms with Crippen molar-refractivity contribution in [1.29, 1.82) is 5.26 Å². The van der Waals surface area contributed by atoms with Crippen molar-refractivity contribution in [2.75, 3.05) is 0 Å². The third-order valence-electron chi connectivity index (χ3n) is 9.94. The van der Waals surface area contributed by atoms with Crippen molar-refractivity contribution in [3.05, 3.63) is 181 Å². The van der Waals surface area contributed by atoms with Crippen LogP contribution in [0.1, 0.15) is 5.56 Å².